The number of likely N-dealkylation sites (tertiary alicyclic amines) is 1. The molecular weight excluding hydrogens is 389 g/mol. The lowest BCUT2D eigenvalue weighted by Gasteiger charge is -2.24. The van der Waals surface area contributed by atoms with Crippen molar-refractivity contribution < 1.29 is 22.7 Å². The van der Waals surface area contributed by atoms with Crippen LogP contribution in [0.3, 0.4) is 0 Å². The summed E-state index contributed by atoms with van der Waals surface area (Å²) in [5.41, 5.74) is -0.928. The van der Waals surface area contributed by atoms with Gasteiger partial charge in [0, 0.05) is 29.3 Å². The van der Waals surface area contributed by atoms with Crippen molar-refractivity contribution in [2.24, 2.45) is 0 Å². The molecule has 24 heavy (non-hydrogen) atoms. The van der Waals surface area contributed by atoms with Crippen LogP contribution in [0.25, 0.3) is 0 Å². The van der Waals surface area contributed by atoms with Gasteiger partial charge in [0.2, 0.25) is 0 Å². The predicted octanol–water partition coefficient (Wildman–Crippen LogP) is 4.89. The highest BCUT2D eigenvalue weighted by atomic mass is 79.9. The number of carbonyl (C=O) groups is 1. The molecule has 134 valence electrons. The number of nitrogens with zero attached hydrogens (tertiary/aromatic N) is 1. The van der Waals surface area contributed by atoms with E-state index in [1.54, 1.807) is 31.7 Å². The van der Waals surface area contributed by atoms with Crippen molar-refractivity contribution >= 4 is 27.7 Å². The number of hydrogen-bond acceptors (Lipinski definition) is 3. The smallest absolute Gasteiger partial charge is 0.416 e. The number of rotatable bonds is 2. The van der Waals surface area contributed by atoms with Crippen LogP contribution >= 0.6 is 15.9 Å². The zero-order chi connectivity index (χ0) is 18.1. The Bertz CT molecular complexity index is 614. The van der Waals surface area contributed by atoms with Crippen LogP contribution in [0.1, 0.15) is 32.8 Å². The van der Waals surface area contributed by atoms with Crippen LogP contribution in [0, 0.1) is 0 Å². The number of anilines is 1. The SMILES string of the molecule is CC(C)(C)OC(=O)N1CCC(Nc2cc(Br)cc(C(F)(F)F)c2)C1. The topological polar surface area (TPSA) is 41.6 Å². The fourth-order valence-electron chi connectivity index (χ4n) is 2.44. The molecule has 0 aliphatic carbocycles. The van der Waals surface area contributed by atoms with Crippen LogP contribution in [0.15, 0.2) is 22.7 Å². The Hall–Kier alpha value is -1.44. The van der Waals surface area contributed by atoms with Crippen molar-refractivity contribution in [2.45, 2.75) is 45.0 Å². The zero-order valence-electron chi connectivity index (χ0n) is 13.7. The fourth-order valence-corrected chi connectivity index (χ4v) is 2.94. The quantitative estimate of drug-likeness (QED) is 0.757. The predicted molar refractivity (Wildman–Crippen MR) is 89.0 cm³/mol. The minimum absolute atomic E-state index is 0.118. The van der Waals surface area contributed by atoms with Gasteiger partial charge in [-0.25, -0.2) is 4.79 Å². The molecule has 1 atom stereocenters. The lowest BCUT2D eigenvalue weighted by Crippen LogP contribution is -2.36. The van der Waals surface area contributed by atoms with Crippen LogP contribution in [0.2, 0.25) is 0 Å². The molecule has 1 aliphatic heterocycles. The highest BCUT2D eigenvalue weighted by Gasteiger charge is 2.32. The number of hydrogen-bond donors (Lipinski definition) is 1. The fraction of sp³-hybridized carbons (Fsp3) is 0.562. The molecule has 4 nitrogen and oxygen atoms in total. The van der Waals surface area contributed by atoms with Gasteiger partial charge in [-0.2, -0.15) is 13.2 Å². The molecular formula is C16H20BrF3N2O2. The molecule has 0 saturated carbocycles. The molecule has 1 aromatic rings. The van der Waals surface area contributed by atoms with Crippen molar-refractivity contribution in [1.82, 2.24) is 4.90 Å². The maximum absolute atomic E-state index is 12.9. The first-order valence-corrected chi connectivity index (χ1v) is 8.35. The summed E-state index contributed by atoms with van der Waals surface area (Å²) in [6.07, 6.45) is -4.16. The number of amides is 1. The summed E-state index contributed by atoms with van der Waals surface area (Å²) in [6.45, 7) is 6.26. The van der Waals surface area contributed by atoms with Crippen molar-refractivity contribution in [3.05, 3.63) is 28.2 Å². The second kappa shape index (κ2) is 6.82. The van der Waals surface area contributed by atoms with E-state index in [0.717, 1.165) is 12.1 Å². The van der Waals surface area contributed by atoms with E-state index in [9.17, 15) is 18.0 Å². The van der Waals surface area contributed by atoms with E-state index in [1.807, 2.05) is 0 Å². The van der Waals surface area contributed by atoms with Crippen LogP contribution in [0.5, 0.6) is 0 Å². The molecule has 1 unspecified atom stereocenters. The number of halogens is 4. The van der Waals surface area contributed by atoms with Gasteiger partial charge >= 0.3 is 12.3 Å². The Morgan fingerprint density at radius 1 is 1.29 bits per heavy atom. The number of carbonyl (C=O) groups excluding carboxylic acids is 1. The molecule has 0 aromatic heterocycles. The first kappa shape index (κ1) is 18.9. The first-order chi connectivity index (χ1) is 10.9. The average Bonchev–Trinajstić information content (AvgIpc) is 2.83. The first-order valence-electron chi connectivity index (χ1n) is 7.56. The number of nitrogens with one attached hydrogen (secondary N) is 1. The van der Waals surface area contributed by atoms with E-state index in [1.165, 1.54) is 0 Å². The Morgan fingerprint density at radius 2 is 1.96 bits per heavy atom. The summed E-state index contributed by atoms with van der Waals surface area (Å²) in [5, 5.41) is 3.06. The molecule has 1 aromatic carbocycles. The molecule has 0 radical (unpaired) electrons. The number of benzene rings is 1. The van der Waals surface area contributed by atoms with Crippen molar-refractivity contribution in [1.29, 1.82) is 0 Å². The van der Waals surface area contributed by atoms with Gasteiger partial charge in [-0.1, -0.05) is 15.9 Å². The van der Waals surface area contributed by atoms with Crippen LogP contribution in [-0.2, 0) is 10.9 Å². The Morgan fingerprint density at radius 3 is 2.54 bits per heavy atom. The van der Waals surface area contributed by atoms with Gasteiger partial charge in [0.25, 0.3) is 0 Å². The summed E-state index contributed by atoms with van der Waals surface area (Å²) in [4.78, 5) is 13.6. The van der Waals surface area contributed by atoms with E-state index >= 15 is 0 Å². The molecule has 1 heterocycles. The van der Waals surface area contributed by atoms with Gasteiger partial charge in [0.15, 0.2) is 0 Å². The summed E-state index contributed by atoms with van der Waals surface area (Å²) in [5.74, 6) is 0. The lowest BCUT2D eigenvalue weighted by molar-refractivity contribution is -0.137. The zero-order valence-corrected chi connectivity index (χ0v) is 15.3. The largest absolute Gasteiger partial charge is 0.444 e. The Kier molecular flexibility index (Phi) is 5.37. The normalized spacial score (nSPS) is 18.6. The molecule has 1 N–H and O–H groups in total. The molecule has 2 rings (SSSR count). The molecule has 0 bridgehead atoms. The minimum atomic E-state index is -4.40. The maximum atomic E-state index is 12.9. The summed E-state index contributed by atoms with van der Waals surface area (Å²) < 4.78 is 44.3. The number of alkyl halides is 3. The summed E-state index contributed by atoms with van der Waals surface area (Å²) in [6, 6.07) is 3.58. The highest BCUT2D eigenvalue weighted by Crippen LogP contribution is 2.34. The molecule has 8 heteroatoms. The number of ether oxygens (including phenoxy) is 1. The van der Waals surface area contributed by atoms with E-state index in [2.05, 4.69) is 21.2 Å². The van der Waals surface area contributed by atoms with Gasteiger partial charge in [-0.15, -0.1) is 0 Å². The third kappa shape index (κ3) is 5.29. The van der Waals surface area contributed by atoms with Gasteiger partial charge in [0.05, 0.1) is 5.56 Å². The van der Waals surface area contributed by atoms with E-state index < -0.39 is 23.4 Å². The van der Waals surface area contributed by atoms with Crippen molar-refractivity contribution in [3.8, 4) is 0 Å². The van der Waals surface area contributed by atoms with Gasteiger partial charge in [-0.3, -0.25) is 0 Å². The molecule has 0 spiro atoms. The van der Waals surface area contributed by atoms with E-state index in [-0.39, 0.29) is 6.04 Å². The second-order valence-corrected chi connectivity index (χ2v) is 7.70. The monoisotopic (exact) mass is 408 g/mol. The van der Waals surface area contributed by atoms with E-state index in [4.69, 9.17) is 4.74 Å². The van der Waals surface area contributed by atoms with E-state index in [0.29, 0.717) is 29.7 Å². The third-order valence-electron chi connectivity index (χ3n) is 3.44. The maximum Gasteiger partial charge on any atom is 0.416 e. The van der Waals surface area contributed by atoms with Gasteiger partial charge in [-0.05, 0) is 45.4 Å². The minimum Gasteiger partial charge on any atom is -0.444 e. The van der Waals surface area contributed by atoms with Gasteiger partial charge < -0.3 is 15.0 Å². The van der Waals surface area contributed by atoms with Crippen LogP contribution in [0.4, 0.5) is 23.7 Å². The second-order valence-electron chi connectivity index (χ2n) is 6.78. The van der Waals surface area contributed by atoms with Gasteiger partial charge in [0.1, 0.15) is 5.60 Å². The van der Waals surface area contributed by atoms with Crippen LogP contribution in [-0.4, -0.2) is 35.7 Å². The Labute approximate surface area is 147 Å². The van der Waals surface area contributed by atoms with Crippen LogP contribution < -0.4 is 5.32 Å². The molecule has 1 amide bonds. The standard InChI is InChI=1S/C16H20BrF3N2O2/c1-15(2,3)24-14(23)22-5-4-12(9-22)21-13-7-10(16(18,19)20)6-11(17)8-13/h6-8,12,21H,4-5,9H2,1-3H3. The molecule has 1 fully saturated rings. The third-order valence-corrected chi connectivity index (χ3v) is 3.89. The highest BCUT2D eigenvalue weighted by molar-refractivity contribution is 9.10. The summed E-state index contributed by atoms with van der Waals surface area (Å²) in [7, 11) is 0. The molecule has 1 aliphatic rings. The lowest BCUT2D eigenvalue weighted by atomic mass is 10.1. The Balaban J connectivity index is 2.01. The van der Waals surface area contributed by atoms with Crippen molar-refractivity contribution in [3.63, 3.8) is 0 Å². The average molecular weight is 409 g/mol. The summed E-state index contributed by atoms with van der Waals surface area (Å²) >= 11 is 3.10. The molecule has 1 saturated heterocycles. The van der Waals surface area contributed by atoms with Crippen molar-refractivity contribution in [2.75, 3.05) is 18.4 Å².